The predicted octanol–water partition coefficient (Wildman–Crippen LogP) is 1.85. The van der Waals surface area contributed by atoms with E-state index in [0.717, 1.165) is 5.56 Å². The van der Waals surface area contributed by atoms with Crippen LogP contribution in [-0.2, 0) is 40.0 Å². The third kappa shape index (κ3) is 10.3. The van der Waals surface area contributed by atoms with Gasteiger partial charge >= 0.3 is 18.0 Å². The lowest BCUT2D eigenvalue weighted by molar-refractivity contribution is -0.156. The molecule has 1 fully saturated rings. The minimum absolute atomic E-state index is 0.0342. The maximum absolute atomic E-state index is 12.9. The highest BCUT2D eigenvalue weighted by Gasteiger charge is 2.35. The Kier molecular flexibility index (Phi) is 11.1. The number of carbonyl (C=O) groups excluding carboxylic acids is 5. The van der Waals surface area contributed by atoms with Gasteiger partial charge in [0.05, 0.1) is 13.0 Å². The van der Waals surface area contributed by atoms with Gasteiger partial charge in [-0.2, -0.15) is 0 Å². The zero-order valence-electron chi connectivity index (χ0n) is 21.5. The Bertz CT molecular complexity index is 974. The van der Waals surface area contributed by atoms with E-state index in [1.165, 1.54) is 11.0 Å². The average molecular weight is 518 g/mol. The first-order chi connectivity index (χ1) is 17.5. The van der Waals surface area contributed by atoms with Crippen LogP contribution in [0.25, 0.3) is 0 Å². The number of benzene rings is 1. The lowest BCUT2D eigenvalue weighted by atomic mass is 10.1. The van der Waals surface area contributed by atoms with Gasteiger partial charge in [0.25, 0.3) is 0 Å². The Labute approximate surface area is 216 Å². The number of rotatable bonds is 11. The highest BCUT2D eigenvalue weighted by Crippen LogP contribution is 2.18. The Morgan fingerprint density at radius 3 is 2.49 bits per heavy atom. The molecule has 1 aromatic rings. The normalized spacial score (nSPS) is 15.8. The molecule has 2 rings (SSSR count). The van der Waals surface area contributed by atoms with E-state index in [1.54, 1.807) is 45.0 Å². The molecule has 0 radical (unpaired) electrons. The predicted molar refractivity (Wildman–Crippen MR) is 133 cm³/mol. The Morgan fingerprint density at radius 1 is 1.14 bits per heavy atom. The maximum atomic E-state index is 12.9. The molecule has 11 heteroatoms. The van der Waals surface area contributed by atoms with Gasteiger partial charge in [0.15, 0.2) is 0 Å². The van der Waals surface area contributed by atoms with Crippen LogP contribution in [0.2, 0.25) is 0 Å². The molecule has 0 saturated carbocycles. The number of nitrogens with one attached hydrogen (secondary N) is 2. The molecule has 0 bridgehead atoms. The molecular formula is C26H35N3O8. The largest absolute Gasteiger partial charge is 0.460 e. The third-order valence-electron chi connectivity index (χ3n) is 5.21. The molecule has 0 spiro atoms. The highest BCUT2D eigenvalue weighted by atomic mass is 16.6. The van der Waals surface area contributed by atoms with Gasteiger partial charge < -0.3 is 29.7 Å². The smallest absolute Gasteiger partial charge is 0.408 e. The molecule has 0 aromatic heterocycles. The molecule has 1 saturated heterocycles. The summed E-state index contributed by atoms with van der Waals surface area (Å²) in [6.45, 7) is 8.41. The summed E-state index contributed by atoms with van der Waals surface area (Å²) >= 11 is 0. The molecule has 0 aliphatic carbocycles. The summed E-state index contributed by atoms with van der Waals surface area (Å²) in [5.41, 5.74) is -0.0597. The Hall–Kier alpha value is -3.89. The molecule has 1 aliphatic heterocycles. The lowest BCUT2D eigenvalue weighted by Gasteiger charge is -2.24. The van der Waals surface area contributed by atoms with Crippen molar-refractivity contribution in [2.24, 2.45) is 0 Å². The van der Waals surface area contributed by atoms with Gasteiger partial charge in [-0.25, -0.2) is 9.59 Å². The van der Waals surface area contributed by atoms with Crippen molar-refractivity contribution >= 4 is 29.8 Å². The summed E-state index contributed by atoms with van der Waals surface area (Å²) in [6.07, 6.45) is 1.11. The lowest BCUT2D eigenvalue weighted by Crippen LogP contribution is -2.51. The summed E-state index contributed by atoms with van der Waals surface area (Å²) in [6, 6.07) is 6.84. The third-order valence-corrected chi connectivity index (χ3v) is 5.21. The van der Waals surface area contributed by atoms with Gasteiger partial charge in [-0.05, 0) is 39.2 Å². The van der Waals surface area contributed by atoms with Gasteiger partial charge in [-0.1, -0.05) is 43.0 Å². The first-order valence-electron chi connectivity index (χ1n) is 12.0. The SMILES string of the molecule is C=CCOC(=O)[C@H]1CCCN1C(=O)CNC(=O)[C@H](CC(=O)OC(C)(C)C)NC(=O)OCc1ccccc1. The number of likely N-dealkylation sites (tertiary alicyclic amines) is 1. The van der Waals surface area contributed by atoms with E-state index in [1.807, 2.05) is 6.07 Å². The topological polar surface area (TPSA) is 140 Å². The van der Waals surface area contributed by atoms with Crippen LogP contribution in [0.5, 0.6) is 0 Å². The van der Waals surface area contributed by atoms with Gasteiger partial charge in [0.1, 0.15) is 30.9 Å². The van der Waals surface area contributed by atoms with Crippen molar-refractivity contribution in [2.45, 2.75) is 64.3 Å². The zero-order valence-corrected chi connectivity index (χ0v) is 21.5. The van der Waals surface area contributed by atoms with Crippen LogP contribution < -0.4 is 10.6 Å². The van der Waals surface area contributed by atoms with E-state index in [9.17, 15) is 24.0 Å². The fourth-order valence-corrected chi connectivity index (χ4v) is 3.60. The van der Waals surface area contributed by atoms with Crippen LogP contribution in [0.15, 0.2) is 43.0 Å². The Balaban J connectivity index is 1.98. The second kappa shape index (κ2) is 14.0. The molecule has 1 aromatic carbocycles. The number of carbonyl (C=O) groups is 5. The molecule has 0 unspecified atom stereocenters. The molecule has 1 aliphatic rings. The van der Waals surface area contributed by atoms with Crippen molar-refractivity contribution in [1.29, 1.82) is 0 Å². The minimum atomic E-state index is -1.35. The van der Waals surface area contributed by atoms with Crippen LogP contribution in [0.3, 0.4) is 0 Å². The van der Waals surface area contributed by atoms with Crippen LogP contribution in [0, 0.1) is 0 Å². The van der Waals surface area contributed by atoms with Crippen molar-refractivity contribution in [1.82, 2.24) is 15.5 Å². The fourth-order valence-electron chi connectivity index (χ4n) is 3.60. The molecule has 202 valence electrons. The van der Waals surface area contributed by atoms with Crippen molar-refractivity contribution in [3.8, 4) is 0 Å². The summed E-state index contributed by atoms with van der Waals surface area (Å²) < 4.78 is 15.5. The minimum Gasteiger partial charge on any atom is -0.460 e. The quantitative estimate of drug-likeness (QED) is 0.257. The van der Waals surface area contributed by atoms with E-state index in [4.69, 9.17) is 14.2 Å². The number of nitrogens with zero attached hydrogens (tertiary/aromatic N) is 1. The summed E-state index contributed by atoms with van der Waals surface area (Å²) in [5.74, 6) is -2.52. The molecule has 2 atom stereocenters. The van der Waals surface area contributed by atoms with Crippen molar-refractivity contribution in [2.75, 3.05) is 19.7 Å². The second-order valence-electron chi connectivity index (χ2n) is 9.43. The van der Waals surface area contributed by atoms with E-state index in [0.29, 0.717) is 19.4 Å². The van der Waals surface area contributed by atoms with Gasteiger partial charge in [0.2, 0.25) is 11.8 Å². The zero-order chi connectivity index (χ0) is 27.4. The molecule has 3 amide bonds. The number of amides is 3. The Morgan fingerprint density at radius 2 is 1.84 bits per heavy atom. The average Bonchev–Trinajstić information content (AvgIpc) is 3.33. The van der Waals surface area contributed by atoms with Crippen molar-refractivity contribution in [3.05, 3.63) is 48.6 Å². The number of hydrogen-bond acceptors (Lipinski definition) is 8. The number of esters is 2. The van der Waals surface area contributed by atoms with E-state index >= 15 is 0 Å². The molecule has 11 nitrogen and oxygen atoms in total. The van der Waals surface area contributed by atoms with E-state index < -0.39 is 60.5 Å². The fraction of sp³-hybridized carbons (Fsp3) is 0.500. The first-order valence-corrected chi connectivity index (χ1v) is 12.0. The first kappa shape index (κ1) is 29.3. The van der Waals surface area contributed by atoms with Crippen LogP contribution in [0.4, 0.5) is 4.79 Å². The number of hydrogen-bond donors (Lipinski definition) is 2. The molecule has 37 heavy (non-hydrogen) atoms. The molecule has 2 N–H and O–H groups in total. The van der Waals surface area contributed by atoms with Crippen LogP contribution >= 0.6 is 0 Å². The standard InChI is InChI=1S/C26H35N3O8/c1-5-14-35-24(33)20-12-9-13-29(20)21(30)16-27-23(32)19(15-22(31)37-26(2,3)4)28-25(34)36-17-18-10-7-6-8-11-18/h5-8,10-11,19-20H,1,9,12-17H2,2-4H3,(H,27,32)(H,28,34)/t19-,20+/m0/s1. The van der Waals surface area contributed by atoms with Gasteiger partial charge in [-0.15, -0.1) is 0 Å². The summed E-state index contributed by atoms with van der Waals surface area (Å²) in [5, 5.41) is 4.80. The van der Waals surface area contributed by atoms with E-state index in [2.05, 4.69) is 17.2 Å². The van der Waals surface area contributed by atoms with Gasteiger partial charge in [-0.3, -0.25) is 14.4 Å². The summed E-state index contributed by atoms with van der Waals surface area (Å²) in [4.78, 5) is 63.9. The van der Waals surface area contributed by atoms with Crippen LogP contribution in [-0.4, -0.2) is 72.1 Å². The maximum Gasteiger partial charge on any atom is 0.408 e. The van der Waals surface area contributed by atoms with E-state index in [-0.39, 0.29) is 13.2 Å². The number of ether oxygens (including phenoxy) is 3. The number of alkyl carbamates (subject to hydrolysis) is 1. The second-order valence-corrected chi connectivity index (χ2v) is 9.43. The monoisotopic (exact) mass is 517 g/mol. The highest BCUT2D eigenvalue weighted by molar-refractivity contribution is 5.93. The van der Waals surface area contributed by atoms with Gasteiger partial charge in [0, 0.05) is 6.54 Å². The van der Waals surface area contributed by atoms with Crippen molar-refractivity contribution < 1.29 is 38.2 Å². The molecule has 1 heterocycles. The summed E-state index contributed by atoms with van der Waals surface area (Å²) in [7, 11) is 0. The van der Waals surface area contributed by atoms with Crippen molar-refractivity contribution in [3.63, 3.8) is 0 Å². The molecular weight excluding hydrogens is 482 g/mol. The van der Waals surface area contributed by atoms with Crippen LogP contribution in [0.1, 0.15) is 45.6 Å².